The van der Waals surface area contributed by atoms with Gasteiger partial charge in [0, 0.05) is 19.2 Å². The Morgan fingerprint density at radius 1 is 1.21 bits per heavy atom. The van der Waals surface area contributed by atoms with Gasteiger partial charge in [0.25, 0.3) is 0 Å². The summed E-state index contributed by atoms with van der Waals surface area (Å²) < 4.78 is 38.7. The number of para-hydroxylation sites is 1. The maximum atomic E-state index is 12.9. The van der Waals surface area contributed by atoms with E-state index in [1.165, 1.54) is 18.2 Å². The van der Waals surface area contributed by atoms with Crippen LogP contribution in [-0.4, -0.2) is 28.9 Å². The molecule has 2 aromatic carbocycles. The van der Waals surface area contributed by atoms with E-state index in [2.05, 4.69) is 4.99 Å². The van der Waals surface area contributed by atoms with Crippen LogP contribution in [0.1, 0.15) is 27.0 Å². The Morgan fingerprint density at radius 3 is 2.58 bits per heavy atom. The fraction of sp³-hybridized carbons (Fsp3) is 0.176. The van der Waals surface area contributed by atoms with Crippen molar-refractivity contribution in [3.8, 4) is 0 Å². The number of carboxylic acids is 1. The van der Waals surface area contributed by atoms with Crippen LogP contribution in [0.5, 0.6) is 0 Å². The van der Waals surface area contributed by atoms with E-state index in [0.29, 0.717) is 17.9 Å². The van der Waals surface area contributed by atoms with E-state index in [4.69, 9.17) is 0 Å². The van der Waals surface area contributed by atoms with Crippen molar-refractivity contribution in [2.45, 2.75) is 12.7 Å². The van der Waals surface area contributed by atoms with Crippen LogP contribution in [0, 0.1) is 0 Å². The lowest BCUT2D eigenvalue weighted by atomic mass is 10.0. The maximum Gasteiger partial charge on any atom is 0.416 e. The van der Waals surface area contributed by atoms with Crippen LogP contribution in [0.25, 0.3) is 0 Å². The number of nitrogens with zero attached hydrogens (tertiary/aromatic N) is 2. The second kappa shape index (κ2) is 5.67. The van der Waals surface area contributed by atoms with Crippen molar-refractivity contribution in [1.82, 2.24) is 4.90 Å². The van der Waals surface area contributed by atoms with Gasteiger partial charge in [0.2, 0.25) is 0 Å². The predicted molar refractivity (Wildman–Crippen MR) is 82.5 cm³/mol. The van der Waals surface area contributed by atoms with Crippen molar-refractivity contribution in [2.24, 2.45) is 4.99 Å². The summed E-state index contributed by atoms with van der Waals surface area (Å²) in [6.07, 6.45) is -4.45. The minimum atomic E-state index is -4.45. The lowest BCUT2D eigenvalue weighted by Crippen LogP contribution is -2.30. The van der Waals surface area contributed by atoms with Gasteiger partial charge in [-0.1, -0.05) is 24.3 Å². The molecule has 3 rings (SSSR count). The number of aliphatic imine (C=N–C) groups is 1. The average molecular weight is 334 g/mol. The molecule has 24 heavy (non-hydrogen) atoms. The van der Waals surface area contributed by atoms with Gasteiger partial charge in [-0.2, -0.15) is 13.2 Å². The Hall–Kier alpha value is -2.83. The van der Waals surface area contributed by atoms with E-state index in [1.54, 1.807) is 24.1 Å². The molecule has 0 fully saturated rings. The summed E-state index contributed by atoms with van der Waals surface area (Å²) in [4.78, 5) is 17.4. The van der Waals surface area contributed by atoms with E-state index < -0.39 is 17.7 Å². The highest BCUT2D eigenvalue weighted by Gasteiger charge is 2.31. The third-order valence-electron chi connectivity index (χ3n) is 3.78. The summed E-state index contributed by atoms with van der Waals surface area (Å²) in [7, 11) is 1.70. The molecular weight excluding hydrogens is 321 g/mol. The molecular formula is C17H13F3N2O2. The van der Waals surface area contributed by atoms with Gasteiger partial charge < -0.3 is 10.0 Å². The van der Waals surface area contributed by atoms with Crippen LogP contribution in [0.2, 0.25) is 0 Å². The zero-order valence-corrected chi connectivity index (χ0v) is 12.6. The molecule has 1 aliphatic heterocycles. The first-order chi connectivity index (χ1) is 11.3. The standard InChI is InChI=1S/C17H13F3N2O2/c1-22-9-11-5-3-7-13(16(23)24)14(11)21-15(22)10-4-2-6-12(8-10)17(18,19)20/h2-8H,9H2,1H3,(H,23,24). The van der Waals surface area contributed by atoms with E-state index in [0.717, 1.165) is 12.1 Å². The van der Waals surface area contributed by atoms with Crippen molar-refractivity contribution in [3.63, 3.8) is 0 Å². The first kappa shape index (κ1) is 16.0. The molecule has 124 valence electrons. The number of halogens is 3. The van der Waals surface area contributed by atoms with Crippen LogP contribution in [-0.2, 0) is 12.7 Å². The van der Waals surface area contributed by atoms with E-state index in [1.807, 2.05) is 0 Å². The van der Waals surface area contributed by atoms with Gasteiger partial charge in [-0.25, -0.2) is 9.79 Å². The number of benzene rings is 2. The monoisotopic (exact) mass is 334 g/mol. The Balaban J connectivity index is 2.14. The SMILES string of the molecule is CN1Cc2cccc(C(=O)O)c2N=C1c1cccc(C(F)(F)F)c1. The minimum Gasteiger partial charge on any atom is -0.478 e. The number of alkyl halides is 3. The van der Waals surface area contributed by atoms with E-state index >= 15 is 0 Å². The number of aromatic carboxylic acids is 1. The van der Waals surface area contributed by atoms with Crippen molar-refractivity contribution >= 4 is 17.5 Å². The molecule has 0 spiro atoms. The number of hydrogen-bond acceptors (Lipinski definition) is 3. The normalized spacial score (nSPS) is 14.2. The summed E-state index contributed by atoms with van der Waals surface area (Å²) in [5.74, 6) is -0.814. The Kier molecular flexibility index (Phi) is 3.79. The Labute approximate surface area is 135 Å². The lowest BCUT2D eigenvalue weighted by molar-refractivity contribution is -0.137. The molecule has 1 aliphatic rings. The van der Waals surface area contributed by atoms with Crippen molar-refractivity contribution in [1.29, 1.82) is 0 Å². The largest absolute Gasteiger partial charge is 0.478 e. The fourth-order valence-corrected chi connectivity index (χ4v) is 2.66. The van der Waals surface area contributed by atoms with Gasteiger partial charge in [-0.05, 0) is 23.8 Å². The molecule has 1 N–H and O–H groups in total. The quantitative estimate of drug-likeness (QED) is 0.905. The van der Waals surface area contributed by atoms with Gasteiger partial charge in [0.05, 0.1) is 16.8 Å². The van der Waals surface area contributed by atoms with Crippen LogP contribution in [0.4, 0.5) is 18.9 Å². The molecule has 0 saturated heterocycles. The number of fused-ring (bicyclic) bond motifs is 1. The fourth-order valence-electron chi connectivity index (χ4n) is 2.66. The molecule has 4 nitrogen and oxygen atoms in total. The Morgan fingerprint density at radius 2 is 1.92 bits per heavy atom. The molecule has 0 aromatic heterocycles. The summed E-state index contributed by atoms with van der Waals surface area (Å²) >= 11 is 0. The summed E-state index contributed by atoms with van der Waals surface area (Å²) in [5.41, 5.74) is 0.556. The molecule has 1 heterocycles. The average Bonchev–Trinajstić information content (AvgIpc) is 2.52. The van der Waals surface area contributed by atoms with Gasteiger partial charge in [-0.3, -0.25) is 0 Å². The van der Waals surface area contributed by atoms with Crippen molar-refractivity contribution < 1.29 is 23.1 Å². The topological polar surface area (TPSA) is 52.9 Å². The minimum absolute atomic E-state index is 0.0325. The molecule has 2 aromatic rings. The molecule has 0 aliphatic carbocycles. The summed E-state index contributed by atoms with van der Waals surface area (Å²) in [6.45, 7) is 0.367. The highest BCUT2D eigenvalue weighted by atomic mass is 19.4. The number of hydrogen-bond donors (Lipinski definition) is 1. The smallest absolute Gasteiger partial charge is 0.416 e. The first-order valence-electron chi connectivity index (χ1n) is 7.10. The van der Waals surface area contributed by atoms with Gasteiger partial charge in [0.15, 0.2) is 0 Å². The second-order valence-corrected chi connectivity index (χ2v) is 5.49. The van der Waals surface area contributed by atoms with Crippen molar-refractivity contribution in [2.75, 3.05) is 7.05 Å². The van der Waals surface area contributed by atoms with E-state index in [-0.39, 0.29) is 16.8 Å². The van der Waals surface area contributed by atoms with Gasteiger partial charge in [-0.15, -0.1) is 0 Å². The highest BCUT2D eigenvalue weighted by molar-refractivity contribution is 6.04. The zero-order chi connectivity index (χ0) is 17.5. The van der Waals surface area contributed by atoms with Crippen LogP contribution < -0.4 is 0 Å². The summed E-state index contributed by atoms with van der Waals surface area (Å²) in [5, 5.41) is 9.28. The maximum absolute atomic E-state index is 12.9. The predicted octanol–water partition coefficient (Wildman–Crippen LogP) is 3.93. The molecule has 0 unspecified atom stereocenters. The third-order valence-corrected chi connectivity index (χ3v) is 3.78. The number of amidine groups is 1. The van der Waals surface area contributed by atoms with E-state index in [9.17, 15) is 23.1 Å². The first-order valence-corrected chi connectivity index (χ1v) is 7.10. The van der Waals surface area contributed by atoms with Crippen LogP contribution in [0.15, 0.2) is 47.5 Å². The molecule has 0 radical (unpaired) electrons. The second-order valence-electron chi connectivity index (χ2n) is 5.49. The molecule has 0 atom stereocenters. The lowest BCUT2D eigenvalue weighted by Gasteiger charge is -2.28. The van der Waals surface area contributed by atoms with Crippen LogP contribution >= 0.6 is 0 Å². The highest BCUT2D eigenvalue weighted by Crippen LogP contribution is 2.33. The number of carboxylic acid groups (broad SMARTS) is 1. The van der Waals surface area contributed by atoms with Crippen molar-refractivity contribution in [3.05, 3.63) is 64.7 Å². The molecule has 0 saturated carbocycles. The number of carbonyl (C=O) groups is 1. The zero-order valence-electron chi connectivity index (χ0n) is 12.6. The molecule has 7 heteroatoms. The third kappa shape index (κ3) is 2.84. The van der Waals surface area contributed by atoms with Gasteiger partial charge >= 0.3 is 12.1 Å². The van der Waals surface area contributed by atoms with Crippen LogP contribution in [0.3, 0.4) is 0 Å². The summed E-state index contributed by atoms with van der Waals surface area (Å²) in [6, 6.07) is 9.66. The Bertz CT molecular complexity index is 844. The molecule has 0 bridgehead atoms. The van der Waals surface area contributed by atoms with Gasteiger partial charge in [0.1, 0.15) is 5.84 Å². The molecule has 0 amide bonds. The number of rotatable bonds is 2.